The van der Waals surface area contributed by atoms with Gasteiger partial charge in [0.1, 0.15) is 5.75 Å². The summed E-state index contributed by atoms with van der Waals surface area (Å²) in [5, 5.41) is 2.72. The first-order chi connectivity index (χ1) is 14.0. The predicted octanol–water partition coefficient (Wildman–Crippen LogP) is 3.61. The number of hydrogen-bond acceptors (Lipinski definition) is 6. The van der Waals surface area contributed by atoms with Crippen molar-refractivity contribution in [2.75, 3.05) is 26.1 Å². The minimum atomic E-state index is -0.903. The molecule has 0 aliphatic rings. The van der Waals surface area contributed by atoms with Gasteiger partial charge >= 0.3 is 5.97 Å². The van der Waals surface area contributed by atoms with Gasteiger partial charge in [0, 0.05) is 12.1 Å². The Morgan fingerprint density at radius 2 is 1.69 bits per heavy atom. The average Bonchev–Trinajstić information content (AvgIpc) is 2.73. The summed E-state index contributed by atoms with van der Waals surface area (Å²) in [4.78, 5) is 24.3. The van der Waals surface area contributed by atoms with Crippen LogP contribution in [0.2, 0.25) is 0 Å². The molecule has 29 heavy (non-hydrogen) atoms. The van der Waals surface area contributed by atoms with Crippen molar-refractivity contribution >= 4 is 17.6 Å². The van der Waals surface area contributed by atoms with Gasteiger partial charge in [-0.25, -0.2) is 0 Å². The second-order valence-corrected chi connectivity index (χ2v) is 6.27. The molecule has 0 bridgehead atoms. The fraction of sp³-hybridized carbons (Fsp3) is 0.364. The molecule has 0 saturated heterocycles. The number of ether oxygens (including phenoxy) is 4. The maximum Gasteiger partial charge on any atom is 0.306 e. The van der Waals surface area contributed by atoms with Gasteiger partial charge < -0.3 is 24.3 Å². The quantitative estimate of drug-likeness (QED) is 0.613. The molecule has 0 heterocycles. The number of amides is 1. The lowest BCUT2D eigenvalue weighted by atomic mass is 10.1. The van der Waals surface area contributed by atoms with E-state index in [0.29, 0.717) is 30.2 Å². The first kappa shape index (κ1) is 22.1. The van der Waals surface area contributed by atoms with Crippen LogP contribution in [-0.4, -0.2) is 38.8 Å². The third-order valence-electron chi connectivity index (χ3n) is 4.18. The molecule has 7 heteroatoms. The van der Waals surface area contributed by atoms with Crippen LogP contribution in [0.15, 0.2) is 42.5 Å². The largest absolute Gasteiger partial charge is 0.494 e. The Hall–Kier alpha value is -3.22. The van der Waals surface area contributed by atoms with Gasteiger partial charge in [0.05, 0.1) is 20.8 Å². The Balaban J connectivity index is 1.82. The van der Waals surface area contributed by atoms with Crippen molar-refractivity contribution in [1.29, 1.82) is 0 Å². The van der Waals surface area contributed by atoms with E-state index in [2.05, 4.69) is 5.32 Å². The van der Waals surface area contributed by atoms with Crippen molar-refractivity contribution < 1.29 is 28.5 Å². The van der Waals surface area contributed by atoms with E-state index in [-0.39, 0.29) is 6.42 Å². The molecule has 0 unspecified atom stereocenters. The summed E-state index contributed by atoms with van der Waals surface area (Å²) in [6.45, 7) is 4.01. The first-order valence-corrected chi connectivity index (χ1v) is 9.41. The lowest BCUT2D eigenvalue weighted by Gasteiger charge is -2.14. The molecule has 156 valence electrons. The Morgan fingerprint density at radius 3 is 2.31 bits per heavy atom. The molecule has 2 rings (SSSR count). The molecule has 1 N–H and O–H groups in total. The number of carbonyl (C=O) groups is 2. The molecule has 0 aromatic heterocycles. The van der Waals surface area contributed by atoms with E-state index in [0.717, 1.165) is 11.3 Å². The van der Waals surface area contributed by atoms with Gasteiger partial charge in [0.25, 0.3) is 5.91 Å². The summed E-state index contributed by atoms with van der Waals surface area (Å²) >= 11 is 0. The predicted molar refractivity (Wildman–Crippen MR) is 110 cm³/mol. The van der Waals surface area contributed by atoms with Gasteiger partial charge in [-0.1, -0.05) is 6.07 Å². The van der Waals surface area contributed by atoms with Crippen molar-refractivity contribution in [2.45, 2.75) is 32.8 Å². The Kier molecular flexibility index (Phi) is 8.33. The molecule has 0 fully saturated rings. The fourth-order valence-electron chi connectivity index (χ4n) is 2.64. The van der Waals surface area contributed by atoms with Crippen molar-refractivity contribution in [2.24, 2.45) is 0 Å². The topological polar surface area (TPSA) is 83.1 Å². The maximum absolute atomic E-state index is 12.2. The van der Waals surface area contributed by atoms with E-state index in [1.54, 1.807) is 44.6 Å². The number of benzene rings is 2. The third-order valence-corrected chi connectivity index (χ3v) is 4.18. The molecule has 1 atom stereocenters. The highest BCUT2D eigenvalue weighted by Gasteiger charge is 2.18. The molecule has 0 aliphatic heterocycles. The summed E-state index contributed by atoms with van der Waals surface area (Å²) in [6.07, 6.45) is -0.290. The highest BCUT2D eigenvalue weighted by Crippen LogP contribution is 2.28. The van der Waals surface area contributed by atoms with E-state index in [4.69, 9.17) is 18.9 Å². The number of aryl methyl sites for hydroxylation is 1. The van der Waals surface area contributed by atoms with Crippen LogP contribution in [0.4, 0.5) is 5.69 Å². The smallest absolute Gasteiger partial charge is 0.306 e. The van der Waals surface area contributed by atoms with E-state index >= 15 is 0 Å². The molecule has 1 amide bonds. The molecular formula is C22H27NO6. The van der Waals surface area contributed by atoms with Gasteiger partial charge in [-0.05, 0) is 62.2 Å². The first-order valence-electron chi connectivity index (χ1n) is 9.41. The van der Waals surface area contributed by atoms with E-state index in [9.17, 15) is 9.59 Å². The molecule has 0 spiro atoms. The Morgan fingerprint density at radius 1 is 1.00 bits per heavy atom. The average molecular weight is 401 g/mol. The molecule has 0 radical (unpaired) electrons. The summed E-state index contributed by atoms with van der Waals surface area (Å²) in [5.41, 5.74) is 1.51. The number of hydrogen-bond donors (Lipinski definition) is 1. The zero-order chi connectivity index (χ0) is 21.2. The number of carbonyl (C=O) groups excluding carboxylic acids is 2. The van der Waals surface area contributed by atoms with Crippen LogP contribution in [0.25, 0.3) is 0 Å². The van der Waals surface area contributed by atoms with Crippen molar-refractivity contribution in [3.05, 3.63) is 48.0 Å². The van der Waals surface area contributed by atoms with Crippen LogP contribution in [0, 0.1) is 0 Å². The minimum Gasteiger partial charge on any atom is -0.494 e. The monoisotopic (exact) mass is 401 g/mol. The van der Waals surface area contributed by atoms with Gasteiger partial charge in [0.15, 0.2) is 17.6 Å². The zero-order valence-electron chi connectivity index (χ0n) is 17.2. The summed E-state index contributed by atoms with van der Waals surface area (Å²) in [6, 6.07) is 12.4. The van der Waals surface area contributed by atoms with E-state index < -0.39 is 18.0 Å². The van der Waals surface area contributed by atoms with Crippen LogP contribution in [0.3, 0.4) is 0 Å². The van der Waals surface area contributed by atoms with Gasteiger partial charge in [-0.2, -0.15) is 0 Å². The van der Waals surface area contributed by atoms with Gasteiger partial charge in [-0.15, -0.1) is 0 Å². The second-order valence-electron chi connectivity index (χ2n) is 6.27. The number of rotatable bonds is 10. The number of methoxy groups -OCH3 is 2. The zero-order valence-corrected chi connectivity index (χ0v) is 17.2. The fourth-order valence-corrected chi connectivity index (χ4v) is 2.64. The Labute approximate surface area is 170 Å². The SMILES string of the molecule is CCOc1ccc(NC(=O)[C@H](C)OC(=O)CCc2ccc(OC)c(OC)c2)cc1. The number of nitrogens with one attached hydrogen (secondary N) is 1. The lowest BCUT2D eigenvalue weighted by Crippen LogP contribution is -2.30. The van der Waals surface area contributed by atoms with Gasteiger partial charge in [0.2, 0.25) is 0 Å². The summed E-state index contributed by atoms with van der Waals surface area (Å²) < 4.78 is 21.0. The Bertz CT molecular complexity index is 819. The van der Waals surface area contributed by atoms with E-state index in [1.807, 2.05) is 19.1 Å². The van der Waals surface area contributed by atoms with Crippen molar-refractivity contribution in [3.63, 3.8) is 0 Å². The maximum atomic E-state index is 12.2. The molecule has 2 aromatic carbocycles. The summed E-state index contributed by atoms with van der Waals surface area (Å²) in [7, 11) is 3.12. The van der Waals surface area contributed by atoms with Crippen LogP contribution in [0.1, 0.15) is 25.8 Å². The van der Waals surface area contributed by atoms with E-state index in [1.165, 1.54) is 6.92 Å². The highest BCUT2D eigenvalue weighted by atomic mass is 16.5. The van der Waals surface area contributed by atoms with Crippen LogP contribution in [-0.2, 0) is 20.7 Å². The molecule has 0 saturated carbocycles. The molecule has 0 aliphatic carbocycles. The third kappa shape index (κ3) is 6.71. The minimum absolute atomic E-state index is 0.149. The molecular weight excluding hydrogens is 374 g/mol. The van der Waals surface area contributed by atoms with Gasteiger partial charge in [-0.3, -0.25) is 9.59 Å². The van der Waals surface area contributed by atoms with Crippen molar-refractivity contribution in [1.82, 2.24) is 0 Å². The summed E-state index contributed by atoms with van der Waals surface area (Å²) in [5.74, 6) is 1.10. The lowest BCUT2D eigenvalue weighted by molar-refractivity contribution is -0.153. The van der Waals surface area contributed by atoms with Crippen LogP contribution in [0.5, 0.6) is 17.2 Å². The van der Waals surface area contributed by atoms with Crippen LogP contribution >= 0.6 is 0 Å². The normalized spacial score (nSPS) is 11.3. The molecule has 7 nitrogen and oxygen atoms in total. The van der Waals surface area contributed by atoms with Crippen LogP contribution < -0.4 is 19.5 Å². The standard InChI is InChI=1S/C22H27NO6/c1-5-28-18-10-8-17(9-11-18)23-22(25)15(2)29-21(24)13-7-16-6-12-19(26-3)20(14-16)27-4/h6,8-12,14-15H,5,7,13H2,1-4H3,(H,23,25)/t15-/m0/s1. The molecule has 2 aromatic rings. The highest BCUT2D eigenvalue weighted by molar-refractivity contribution is 5.95. The second kappa shape index (κ2) is 10.9. The number of anilines is 1. The van der Waals surface area contributed by atoms with Crippen molar-refractivity contribution in [3.8, 4) is 17.2 Å². The number of esters is 1.